The van der Waals surface area contributed by atoms with Gasteiger partial charge in [0.25, 0.3) is 0 Å². The van der Waals surface area contributed by atoms with Crippen molar-refractivity contribution >= 4 is 17.4 Å². The largest absolute Gasteiger partial charge is 0.368 e. The maximum atomic E-state index is 11.5. The van der Waals surface area contributed by atoms with Crippen LogP contribution in [0.3, 0.4) is 0 Å². The van der Waals surface area contributed by atoms with Gasteiger partial charge in [-0.05, 0) is 25.6 Å². The van der Waals surface area contributed by atoms with E-state index in [1.807, 2.05) is 12.1 Å². The normalized spacial score (nSPS) is 17.9. The molecule has 1 unspecified atom stereocenters. The van der Waals surface area contributed by atoms with Crippen molar-refractivity contribution in [3.8, 4) is 0 Å². The Hall–Kier alpha value is -1.66. The lowest BCUT2D eigenvalue weighted by molar-refractivity contribution is -0.117. The molecule has 1 aliphatic heterocycles. The number of pyridine rings is 1. The van der Waals surface area contributed by atoms with Crippen LogP contribution in [0.25, 0.3) is 0 Å². The van der Waals surface area contributed by atoms with E-state index in [1.54, 1.807) is 13.1 Å². The van der Waals surface area contributed by atoms with Gasteiger partial charge in [-0.25, -0.2) is 4.98 Å². The second kappa shape index (κ2) is 6.67. The predicted octanol–water partition coefficient (Wildman–Crippen LogP) is 0.509. The van der Waals surface area contributed by atoms with Gasteiger partial charge in [0, 0.05) is 26.2 Å². The topological polar surface area (TPSA) is 74.5 Å². The molecule has 1 aliphatic rings. The number of hydrogen-bond donors (Lipinski definition) is 2. The van der Waals surface area contributed by atoms with Crippen molar-refractivity contribution in [2.75, 3.05) is 42.9 Å². The van der Waals surface area contributed by atoms with E-state index in [1.165, 1.54) is 0 Å². The molecule has 1 aromatic rings. The maximum absolute atomic E-state index is 11.5. The third-order valence-corrected chi connectivity index (χ3v) is 3.60. The van der Waals surface area contributed by atoms with Crippen LogP contribution in [0.5, 0.6) is 0 Å². The first-order chi connectivity index (χ1) is 9.60. The molecule has 110 valence electrons. The van der Waals surface area contributed by atoms with Crippen molar-refractivity contribution in [1.82, 2.24) is 9.88 Å². The molecule has 20 heavy (non-hydrogen) atoms. The zero-order valence-electron chi connectivity index (χ0n) is 12.2. The zero-order valence-corrected chi connectivity index (χ0v) is 12.2. The lowest BCUT2D eigenvalue weighted by Gasteiger charge is -2.35. The molecule has 0 bridgehead atoms. The summed E-state index contributed by atoms with van der Waals surface area (Å²) in [5, 5.41) is 2.69. The van der Waals surface area contributed by atoms with E-state index >= 15 is 0 Å². The van der Waals surface area contributed by atoms with Gasteiger partial charge in [0.2, 0.25) is 5.91 Å². The van der Waals surface area contributed by atoms with Crippen molar-refractivity contribution < 1.29 is 4.79 Å². The molecule has 0 aromatic carbocycles. The maximum Gasteiger partial charge on any atom is 0.242 e. The van der Waals surface area contributed by atoms with E-state index in [9.17, 15) is 4.79 Å². The summed E-state index contributed by atoms with van der Waals surface area (Å²) in [5.74, 6) is 0.324. The van der Waals surface area contributed by atoms with Crippen LogP contribution >= 0.6 is 0 Å². The Kier molecular flexibility index (Phi) is 4.92. The van der Waals surface area contributed by atoms with Crippen molar-refractivity contribution in [2.24, 2.45) is 5.73 Å². The summed E-state index contributed by atoms with van der Waals surface area (Å²) in [6, 6.07) is 3.28. The number of hydrogen-bond acceptors (Lipinski definition) is 5. The molecule has 1 fully saturated rings. The van der Waals surface area contributed by atoms with Crippen LogP contribution in [0.4, 0.5) is 11.5 Å². The molecule has 1 aromatic heterocycles. The molecule has 2 heterocycles. The van der Waals surface area contributed by atoms with Crippen LogP contribution < -0.4 is 16.0 Å². The van der Waals surface area contributed by atoms with Crippen LogP contribution in [0.1, 0.15) is 13.8 Å². The number of amides is 1. The molecule has 6 nitrogen and oxygen atoms in total. The molecule has 0 spiro atoms. The fraction of sp³-hybridized carbons (Fsp3) is 0.571. The molecule has 2 rings (SSSR count). The predicted molar refractivity (Wildman–Crippen MR) is 80.8 cm³/mol. The lowest BCUT2D eigenvalue weighted by atomic mass is 10.2. The average molecular weight is 277 g/mol. The second-order valence-corrected chi connectivity index (χ2v) is 5.10. The minimum atomic E-state index is -0.529. The third kappa shape index (κ3) is 3.68. The van der Waals surface area contributed by atoms with Crippen LogP contribution in [-0.4, -0.2) is 54.6 Å². The number of rotatable bonds is 4. The number of carbonyl (C=O) groups excluding carboxylic acids is 1. The highest BCUT2D eigenvalue weighted by atomic mass is 16.2. The first kappa shape index (κ1) is 14.7. The number of likely N-dealkylation sites (N-methyl/N-ethyl adjacent to an activating group) is 1. The second-order valence-electron chi connectivity index (χ2n) is 5.10. The monoisotopic (exact) mass is 277 g/mol. The standard InChI is InChI=1S/C14H23N5O/c1-3-18-6-8-19(9-7-18)12-4-5-13(16-10-12)17-14(20)11(2)15/h4-5,10-11H,3,6-9,15H2,1-2H3,(H,16,17,20). The Balaban J connectivity index is 1.93. The molecule has 1 saturated heterocycles. The molecule has 0 aliphatic carbocycles. The van der Waals surface area contributed by atoms with E-state index in [0.717, 1.165) is 38.4 Å². The number of nitrogens with one attached hydrogen (secondary N) is 1. The van der Waals surface area contributed by atoms with Crippen molar-refractivity contribution in [3.05, 3.63) is 18.3 Å². The third-order valence-electron chi connectivity index (χ3n) is 3.60. The van der Waals surface area contributed by atoms with E-state index in [2.05, 4.69) is 27.0 Å². The fourth-order valence-corrected chi connectivity index (χ4v) is 2.21. The van der Waals surface area contributed by atoms with Gasteiger partial charge in [0.05, 0.1) is 17.9 Å². The van der Waals surface area contributed by atoms with Crippen LogP contribution in [-0.2, 0) is 4.79 Å². The Bertz CT molecular complexity index is 437. The molecule has 1 amide bonds. The highest BCUT2D eigenvalue weighted by Crippen LogP contribution is 2.17. The highest BCUT2D eigenvalue weighted by molar-refractivity contribution is 5.93. The van der Waals surface area contributed by atoms with Crippen molar-refractivity contribution in [2.45, 2.75) is 19.9 Å². The molecule has 0 saturated carbocycles. The first-order valence-corrected chi connectivity index (χ1v) is 7.10. The molecular weight excluding hydrogens is 254 g/mol. The van der Waals surface area contributed by atoms with E-state index in [-0.39, 0.29) is 5.91 Å². The number of anilines is 2. The number of nitrogens with zero attached hydrogens (tertiary/aromatic N) is 3. The van der Waals surface area contributed by atoms with E-state index in [0.29, 0.717) is 5.82 Å². The van der Waals surface area contributed by atoms with Gasteiger partial charge in [-0.2, -0.15) is 0 Å². The Morgan fingerprint density at radius 3 is 2.60 bits per heavy atom. The molecule has 0 radical (unpaired) electrons. The smallest absolute Gasteiger partial charge is 0.242 e. The number of nitrogens with two attached hydrogens (primary N) is 1. The summed E-state index contributed by atoms with van der Waals surface area (Å²) >= 11 is 0. The Labute approximate surface area is 120 Å². The zero-order chi connectivity index (χ0) is 14.5. The fourth-order valence-electron chi connectivity index (χ4n) is 2.21. The number of piperazine rings is 1. The van der Waals surface area contributed by atoms with Gasteiger partial charge in [0.15, 0.2) is 0 Å². The van der Waals surface area contributed by atoms with Gasteiger partial charge < -0.3 is 20.9 Å². The van der Waals surface area contributed by atoms with Crippen LogP contribution in [0, 0.1) is 0 Å². The van der Waals surface area contributed by atoms with E-state index < -0.39 is 6.04 Å². The van der Waals surface area contributed by atoms with Crippen molar-refractivity contribution in [1.29, 1.82) is 0 Å². The summed E-state index contributed by atoms with van der Waals surface area (Å²) in [7, 11) is 0. The highest BCUT2D eigenvalue weighted by Gasteiger charge is 2.16. The minimum absolute atomic E-state index is 0.221. The van der Waals surface area contributed by atoms with E-state index in [4.69, 9.17) is 5.73 Å². The lowest BCUT2D eigenvalue weighted by Crippen LogP contribution is -2.46. The summed E-state index contributed by atoms with van der Waals surface area (Å²) < 4.78 is 0. The summed E-state index contributed by atoms with van der Waals surface area (Å²) in [5.41, 5.74) is 6.60. The van der Waals surface area contributed by atoms with Crippen LogP contribution in [0.2, 0.25) is 0 Å². The quantitative estimate of drug-likeness (QED) is 0.839. The van der Waals surface area contributed by atoms with Gasteiger partial charge in [-0.3, -0.25) is 4.79 Å². The molecule has 6 heteroatoms. The SMILES string of the molecule is CCN1CCN(c2ccc(NC(=O)C(C)N)nc2)CC1. The Morgan fingerprint density at radius 2 is 2.10 bits per heavy atom. The van der Waals surface area contributed by atoms with Crippen LogP contribution in [0.15, 0.2) is 18.3 Å². The summed E-state index contributed by atoms with van der Waals surface area (Å²) in [4.78, 5) is 20.5. The Morgan fingerprint density at radius 1 is 1.40 bits per heavy atom. The van der Waals surface area contributed by atoms with Gasteiger partial charge in [-0.15, -0.1) is 0 Å². The summed E-state index contributed by atoms with van der Waals surface area (Å²) in [6.45, 7) is 9.14. The molecular formula is C14H23N5O. The number of carbonyl (C=O) groups is 1. The number of aromatic nitrogens is 1. The molecule has 3 N–H and O–H groups in total. The van der Waals surface area contributed by atoms with Gasteiger partial charge in [-0.1, -0.05) is 6.92 Å². The first-order valence-electron chi connectivity index (χ1n) is 7.10. The van der Waals surface area contributed by atoms with Gasteiger partial charge >= 0.3 is 0 Å². The average Bonchev–Trinajstić information content (AvgIpc) is 2.48. The summed E-state index contributed by atoms with van der Waals surface area (Å²) in [6.07, 6.45) is 1.80. The minimum Gasteiger partial charge on any atom is -0.368 e. The van der Waals surface area contributed by atoms with Gasteiger partial charge in [0.1, 0.15) is 5.82 Å². The van der Waals surface area contributed by atoms with Crippen molar-refractivity contribution in [3.63, 3.8) is 0 Å². The molecule has 1 atom stereocenters.